The van der Waals surface area contributed by atoms with Crippen LogP contribution in [0.3, 0.4) is 0 Å². The highest BCUT2D eigenvalue weighted by atomic mass is 19.4. The molecule has 0 fully saturated rings. The van der Waals surface area contributed by atoms with Gasteiger partial charge in [-0.3, -0.25) is 14.4 Å². The molecule has 0 rings (SSSR count). The summed E-state index contributed by atoms with van der Waals surface area (Å²) in [6.07, 6.45) is -4.60. The Labute approximate surface area is 164 Å². The van der Waals surface area contributed by atoms with Gasteiger partial charge < -0.3 is 21.3 Å². The Morgan fingerprint density at radius 2 is 1.04 bits per heavy atom. The van der Waals surface area contributed by atoms with E-state index >= 15 is 0 Å². The van der Waals surface area contributed by atoms with Crippen molar-refractivity contribution in [2.24, 2.45) is 0 Å². The first kappa shape index (κ1) is 26.2. The van der Waals surface area contributed by atoms with Crippen molar-refractivity contribution in [1.29, 1.82) is 0 Å². The summed E-state index contributed by atoms with van der Waals surface area (Å²) < 4.78 is 37.9. The molecule has 0 aromatic heterocycles. The third-order valence-corrected chi connectivity index (χ3v) is 4.04. The standard InChI is InChI=1S/C18H33F3N4O3/c1-10(2)23-16(6,7)13(27)25-17(8,9)14(28)24-15(4,5)12(26)22-11(3)18(19,20)21/h10-11,23H,1-9H3,(H,22,26)(H,24,28)(H,25,27)/t11-/m1/s1. The lowest BCUT2D eigenvalue weighted by atomic mass is 9.96. The van der Waals surface area contributed by atoms with E-state index in [0.717, 1.165) is 6.92 Å². The van der Waals surface area contributed by atoms with Gasteiger partial charge in [-0.1, -0.05) is 0 Å². The van der Waals surface area contributed by atoms with Crippen LogP contribution in [0, 0.1) is 0 Å². The minimum Gasteiger partial charge on any atom is -0.343 e. The Balaban J connectivity index is 5.15. The smallest absolute Gasteiger partial charge is 0.343 e. The van der Waals surface area contributed by atoms with Crippen molar-refractivity contribution < 1.29 is 27.6 Å². The molecule has 0 bridgehead atoms. The Morgan fingerprint density at radius 3 is 1.39 bits per heavy atom. The quantitative estimate of drug-likeness (QED) is 0.489. The van der Waals surface area contributed by atoms with Crippen molar-refractivity contribution >= 4 is 17.7 Å². The predicted octanol–water partition coefficient (Wildman–Crippen LogP) is 1.62. The highest BCUT2D eigenvalue weighted by Gasteiger charge is 2.42. The van der Waals surface area contributed by atoms with E-state index in [4.69, 9.17) is 0 Å². The number of hydrogen-bond acceptors (Lipinski definition) is 4. The van der Waals surface area contributed by atoms with Gasteiger partial charge in [0.25, 0.3) is 0 Å². The monoisotopic (exact) mass is 410 g/mol. The fourth-order valence-corrected chi connectivity index (χ4v) is 2.24. The molecular weight excluding hydrogens is 377 g/mol. The summed E-state index contributed by atoms with van der Waals surface area (Å²) >= 11 is 0. The molecule has 0 radical (unpaired) electrons. The average molecular weight is 410 g/mol. The minimum absolute atomic E-state index is 0.0240. The van der Waals surface area contributed by atoms with Crippen molar-refractivity contribution in [3.8, 4) is 0 Å². The number of carbonyl (C=O) groups excluding carboxylic acids is 3. The lowest BCUT2D eigenvalue weighted by Crippen LogP contribution is -2.66. The first-order chi connectivity index (χ1) is 12.2. The van der Waals surface area contributed by atoms with E-state index in [1.54, 1.807) is 13.8 Å². The van der Waals surface area contributed by atoms with Crippen LogP contribution in [0.25, 0.3) is 0 Å². The molecule has 0 aromatic rings. The average Bonchev–Trinajstić information content (AvgIpc) is 2.43. The predicted molar refractivity (Wildman–Crippen MR) is 100 cm³/mol. The molecule has 7 nitrogen and oxygen atoms in total. The molecule has 0 saturated carbocycles. The van der Waals surface area contributed by atoms with E-state index in [-0.39, 0.29) is 6.04 Å². The van der Waals surface area contributed by atoms with Crippen molar-refractivity contribution in [2.75, 3.05) is 0 Å². The normalized spacial score (nSPS) is 14.5. The van der Waals surface area contributed by atoms with E-state index < -0.39 is 46.6 Å². The molecule has 4 N–H and O–H groups in total. The molecule has 0 aliphatic rings. The highest BCUT2D eigenvalue weighted by Crippen LogP contribution is 2.20. The zero-order chi connectivity index (χ0) is 22.7. The SMILES string of the molecule is CC(C)NC(C)(C)C(=O)NC(C)(C)C(=O)NC(C)(C)C(=O)N[C@H](C)C(F)(F)F. The Kier molecular flexibility index (Phi) is 8.10. The molecule has 28 heavy (non-hydrogen) atoms. The van der Waals surface area contributed by atoms with Gasteiger partial charge in [0.2, 0.25) is 17.7 Å². The Bertz CT molecular complexity index is 599. The lowest BCUT2D eigenvalue weighted by Gasteiger charge is -2.35. The number of carbonyl (C=O) groups is 3. The molecule has 10 heteroatoms. The largest absolute Gasteiger partial charge is 0.408 e. The van der Waals surface area contributed by atoms with E-state index in [2.05, 4.69) is 16.0 Å². The summed E-state index contributed by atoms with van der Waals surface area (Å²) in [5.74, 6) is -2.13. The van der Waals surface area contributed by atoms with Gasteiger partial charge in [-0.15, -0.1) is 0 Å². The summed E-state index contributed by atoms with van der Waals surface area (Å²) in [6, 6.07) is -2.04. The van der Waals surface area contributed by atoms with Crippen LogP contribution in [0.4, 0.5) is 13.2 Å². The molecule has 0 aliphatic carbocycles. The van der Waals surface area contributed by atoms with E-state index in [1.807, 2.05) is 19.2 Å². The van der Waals surface area contributed by atoms with Crippen LogP contribution in [-0.2, 0) is 14.4 Å². The number of hydrogen-bond donors (Lipinski definition) is 4. The van der Waals surface area contributed by atoms with Crippen molar-refractivity contribution in [2.45, 2.75) is 97.2 Å². The van der Waals surface area contributed by atoms with Crippen molar-refractivity contribution in [3.63, 3.8) is 0 Å². The summed E-state index contributed by atoms with van der Waals surface area (Å²) in [6.45, 7) is 13.3. The van der Waals surface area contributed by atoms with Crippen LogP contribution in [0.15, 0.2) is 0 Å². The number of rotatable bonds is 8. The highest BCUT2D eigenvalue weighted by molar-refractivity contribution is 5.97. The minimum atomic E-state index is -4.60. The van der Waals surface area contributed by atoms with E-state index in [0.29, 0.717) is 0 Å². The summed E-state index contributed by atoms with van der Waals surface area (Å²) in [5, 5.41) is 9.90. The first-order valence-corrected chi connectivity index (χ1v) is 9.03. The molecule has 0 aromatic carbocycles. The maximum atomic E-state index is 12.6. The van der Waals surface area contributed by atoms with Crippen molar-refractivity contribution in [1.82, 2.24) is 21.3 Å². The molecule has 3 amide bonds. The molecule has 164 valence electrons. The number of amides is 3. The van der Waals surface area contributed by atoms with Crippen molar-refractivity contribution in [3.05, 3.63) is 0 Å². The summed E-state index contributed by atoms with van der Waals surface area (Å²) in [7, 11) is 0. The van der Waals surface area contributed by atoms with Gasteiger partial charge in [-0.05, 0) is 62.3 Å². The molecule has 0 heterocycles. The number of nitrogens with one attached hydrogen (secondary N) is 4. The number of alkyl halides is 3. The van der Waals surface area contributed by atoms with Crippen LogP contribution in [0.2, 0.25) is 0 Å². The van der Waals surface area contributed by atoms with Gasteiger partial charge in [0.15, 0.2) is 0 Å². The zero-order valence-corrected chi connectivity index (χ0v) is 18.0. The molecule has 0 saturated heterocycles. The first-order valence-electron chi connectivity index (χ1n) is 9.03. The molecule has 0 aliphatic heterocycles. The van der Waals surface area contributed by atoms with Crippen LogP contribution in [0.5, 0.6) is 0 Å². The van der Waals surface area contributed by atoms with Gasteiger partial charge in [0.05, 0.1) is 5.54 Å². The Hall–Kier alpha value is -1.84. The summed E-state index contributed by atoms with van der Waals surface area (Å²) in [4.78, 5) is 37.3. The molecule has 0 unspecified atom stereocenters. The zero-order valence-electron chi connectivity index (χ0n) is 18.0. The molecule has 0 spiro atoms. The van der Waals surface area contributed by atoms with Gasteiger partial charge in [-0.25, -0.2) is 0 Å². The third-order valence-electron chi connectivity index (χ3n) is 4.04. The van der Waals surface area contributed by atoms with Crippen LogP contribution < -0.4 is 21.3 Å². The van der Waals surface area contributed by atoms with Crippen LogP contribution >= 0.6 is 0 Å². The number of halogens is 3. The third kappa shape index (κ3) is 7.65. The van der Waals surface area contributed by atoms with Gasteiger partial charge >= 0.3 is 6.18 Å². The Morgan fingerprint density at radius 1 is 0.679 bits per heavy atom. The van der Waals surface area contributed by atoms with Gasteiger partial charge in [0.1, 0.15) is 17.1 Å². The van der Waals surface area contributed by atoms with Crippen LogP contribution in [0.1, 0.15) is 62.3 Å². The van der Waals surface area contributed by atoms with E-state index in [1.165, 1.54) is 27.7 Å². The summed E-state index contributed by atoms with van der Waals surface area (Å²) in [5.41, 5.74) is -3.98. The molecular formula is C18H33F3N4O3. The second-order valence-electron chi connectivity index (χ2n) is 8.82. The maximum Gasteiger partial charge on any atom is 0.408 e. The fourth-order valence-electron chi connectivity index (χ4n) is 2.24. The van der Waals surface area contributed by atoms with E-state index in [9.17, 15) is 27.6 Å². The second kappa shape index (κ2) is 8.67. The maximum absolute atomic E-state index is 12.6. The van der Waals surface area contributed by atoms with Crippen LogP contribution in [-0.4, -0.2) is 52.6 Å². The molecule has 1 atom stereocenters. The topological polar surface area (TPSA) is 99.3 Å². The fraction of sp³-hybridized carbons (Fsp3) is 0.833. The lowest BCUT2D eigenvalue weighted by molar-refractivity contribution is -0.160. The second-order valence-corrected chi connectivity index (χ2v) is 8.82. The van der Waals surface area contributed by atoms with Gasteiger partial charge in [0, 0.05) is 6.04 Å². The van der Waals surface area contributed by atoms with Gasteiger partial charge in [-0.2, -0.15) is 13.2 Å².